The van der Waals surface area contributed by atoms with Crippen molar-refractivity contribution < 1.29 is 18.8 Å². The number of carbonyl (C=O) groups is 3. The van der Waals surface area contributed by atoms with Gasteiger partial charge in [0, 0.05) is 29.8 Å². The summed E-state index contributed by atoms with van der Waals surface area (Å²) in [7, 11) is 0. The number of halogens is 1. The minimum atomic E-state index is -0.486. The highest BCUT2D eigenvalue weighted by Gasteiger charge is 2.17. The molecule has 1 aromatic heterocycles. The molecule has 1 heterocycles. The molecular weight excluding hydrogens is 323 g/mol. The van der Waals surface area contributed by atoms with Crippen molar-refractivity contribution in [3.05, 3.63) is 65.6 Å². The van der Waals surface area contributed by atoms with Crippen LogP contribution in [0.1, 0.15) is 39.4 Å². The van der Waals surface area contributed by atoms with E-state index in [1.807, 2.05) is 0 Å². The van der Waals surface area contributed by atoms with Crippen LogP contribution in [0.3, 0.4) is 0 Å². The molecule has 126 valence electrons. The number of hydrogen-bond acceptors (Lipinski definition) is 3. The molecule has 5 nitrogen and oxygen atoms in total. The highest BCUT2D eigenvalue weighted by molar-refractivity contribution is 6.14. The van der Waals surface area contributed by atoms with Gasteiger partial charge in [-0.2, -0.15) is 0 Å². The molecule has 25 heavy (non-hydrogen) atoms. The molecule has 0 saturated carbocycles. The van der Waals surface area contributed by atoms with E-state index in [9.17, 15) is 18.8 Å². The molecule has 2 aromatic carbocycles. The van der Waals surface area contributed by atoms with Crippen molar-refractivity contribution in [1.29, 1.82) is 0 Å². The van der Waals surface area contributed by atoms with E-state index in [-0.39, 0.29) is 17.3 Å². The largest absolute Gasteiger partial charge is 0.322 e. The predicted octanol–water partition coefficient (Wildman–Crippen LogP) is 3.90. The lowest BCUT2D eigenvalue weighted by molar-refractivity contribution is 0.0940. The summed E-state index contributed by atoms with van der Waals surface area (Å²) < 4.78 is 14.7. The number of ketones is 1. The number of nitrogens with one attached hydrogen (secondary N) is 1. The molecule has 0 atom stereocenters. The summed E-state index contributed by atoms with van der Waals surface area (Å²) in [5.74, 6) is -1.29. The normalized spacial score (nSPS) is 10.7. The third-order valence-corrected chi connectivity index (χ3v) is 3.90. The SMILES string of the molecule is CC(=O)c1ccc(NC(=O)c2cn(C(C)=O)c3cc(F)ccc23)cc1. The van der Waals surface area contributed by atoms with Crippen molar-refractivity contribution in [2.45, 2.75) is 13.8 Å². The van der Waals surface area contributed by atoms with Crippen molar-refractivity contribution >= 4 is 34.2 Å². The van der Waals surface area contributed by atoms with Crippen LogP contribution in [0.5, 0.6) is 0 Å². The topological polar surface area (TPSA) is 68.2 Å². The number of benzene rings is 2. The van der Waals surface area contributed by atoms with Crippen LogP contribution in [0.25, 0.3) is 10.9 Å². The molecule has 0 aliphatic rings. The van der Waals surface area contributed by atoms with Crippen LogP contribution < -0.4 is 5.32 Å². The Morgan fingerprint density at radius 3 is 2.28 bits per heavy atom. The lowest BCUT2D eigenvalue weighted by Crippen LogP contribution is -2.12. The molecule has 1 N–H and O–H groups in total. The number of hydrogen-bond donors (Lipinski definition) is 1. The molecule has 0 spiro atoms. The zero-order valence-electron chi connectivity index (χ0n) is 13.7. The van der Waals surface area contributed by atoms with Gasteiger partial charge in [0.05, 0.1) is 11.1 Å². The summed E-state index contributed by atoms with van der Waals surface area (Å²) >= 11 is 0. The van der Waals surface area contributed by atoms with Crippen LogP contribution in [0.15, 0.2) is 48.7 Å². The number of fused-ring (bicyclic) bond motifs is 1. The van der Waals surface area contributed by atoms with E-state index in [1.165, 1.54) is 42.8 Å². The number of carbonyl (C=O) groups excluding carboxylic acids is 3. The van der Waals surface area contributed by atoms with Crippen LogP contribution in [0, 0.1) is 5.82 Å². The standard InChI is InChI=1S/C19H15FN2O3/c1-11(23)13-3-6-15(7-4-13)21-19(25)17-10-22(12(2)24)18-9-14(20)5-8-16(17)18/h3-10H,1-2H3,(H,21,25). The van der Waals surface area contributed by atoms with Gasteiger partial charge >= 0.3 is 0 Å². The number of Topliss-reactive ketones (excluding diaryl/α,β-unsaturated/α-hetero) is 1. The smallest absolute Gasteiger partial charge is 0.257 e. The van der Waals surface area contributed by atoms with Crippen molar-refractivity contribution in [2.75, 3.05) is 5.32 Å². The van der Waals surface area contributed by atoms with Gasteiger partial charge in [-0.15, -0.1) is 0 Å². The third-order valence-electron chi connectivity index (χ3n) is 3.90. The minimum Gasteiger partial charge on any atom is -0.322 e. The Morgan fingerprint density at radius 2 is 1.68 bits per heavy atom. The van der Waals surface area contributed by atoms with Gasteiger partial charge in [-0.05, 0) is 49.4 Å². The quantitative estimate of drug-likeness (QED) is 0.737. The van der Waals surface area contributed by atoms with Gasteiger partial charge < -0.3 is 5.32 Å². The van der Waals surface area contributed by atoms with Gasteiger partial charge in [0.1, 0.15) is 5.82 Å². The van der Waals surface area contributed by atoms with Crippen molar-refractivity contribution in [3.8, 4) is 0 Å². The average molecular weight is 338 g/mol. The van der Waals surface area contributed by atoms with Crippen LogP contribution in [-0.2, 0) is 0 Å². The summed E-state index contributed by atoms with van der Waals surface area (Å²) in [6.45, 7) is 2.80. The Balaban J connectivity index is 1.97. The summed E-state index contributed by atoms with van der Waals surface area (Å²) in [5, 5.41) is 3.20. The van der Waals surface area contributed by atoms with Crippen LogP contribution in [-0.4, -0.2) is 22.2 Å². The molecule has 0 fully saturated rings. The number of aromatic nitrogens is 1. The Labute approximate surface area is 143 Å². The van der Waals surface area contributed by atoms with Crippen LogP contribution in [0.4, 0.5) is 10.1 Å². The average Bonchev–Trinajstić information content (AvgIpc) is 2.94. The minimum absolute atomic E-state index is 0.0653. The molecule has 0 radical (unpaired) electrons. The fourth-order valence-electron chi connectivity index (χ4n) is 2.63. The molecule has 0 bridgehead atoms. The van der Waals surface area contributed by atoms with Gasteiger partial charge in [-0.3, -0.25) is 19.0 Å². The first kappa shape index (κ1) is 16.6. The van der Waals surface area contributed by atoms with E-state index in [0.717, 1.165) is 0 Å². The molecule has 3 aromatic rings. The Bertz CT molecular complexity index is 1000. The number of anilines is 1. The van der Waals surface area contributed by atoms with Gasteiger partial charge in [-0.25, -0.2) is 4.39 Å². The maximum absolute atomic E-state index is 13.5. The van der Waals surface area contributed by atoms with Crippen molar-refractivity contribution in [2.24, 2.45) is 0 Å². The molecular formula is C19H15FN2O3. The number of nitrogens with zero attached hydrogens (tertiary/aromatic N) is 1. The predicted molar refractivity (Wildman–Crippen MR) is 92.6 cm³/mol. The lowest BCUT2D eigenvalue weighted by atomic mass is 10.1. The van der Waals surface area contributed by atoms with Gasteiger partial charge in [0.2, 0.25) is 5.91 Å². The number of amides is 1. The van der Waals surface area contributed by atoms with Crippen molar-refractivity contribution in [3.63, 3.8) is 0 Å². The highest BCUT2D eigenvalue weighted by Crippen LogP contribution is 2.24. The van der Waals surface area contributed by atoms with Gasteiger partial charge in [0.25, 0.3) is 5.91 Å². The Hall–Kier alpha value is -3.28. The molecule has 0 unspecified atom stereocenters. The maximum atomic E-state index is 13.5. The zero-order chi connectivity index (χ0) is 18.1. The zero-order valence-corrected chi connectivity index (χ0v) is 13.7. The second kappa shape index (κ2) is 6.32. The van der Waals surface area contributed by atoms with Gasteiger partial charge in [0.15, 0.2) is 5.78 Å². The second-order valence-corrected chi connectivity index (χ2v) is 5.68. The summed E-state index contributed by atoms with van der Waals surface area (Å²) in [6, 6.07) is 10.4. The van der Waals surface area contributed by atoms with Crippen molar-refractivity contribution in [1.82, 2.24) is 4.57 Å². The summed E-state index contributed by atoms with van der Waals surface area (Å²) in [6.07, 6.45) is 1.39. The maximum Gasteiger partial charge on any atom is 0.257 e. The first-order valence-electron chi connectivity index (χ1n) is 7.60. The molecule has 0 saturated heterocycles. The molecule has 0 aliphatic carbocycles. The molecule has 0 aliphatic heterocycles. The highest BCUT2D eigenvalue weighted by atomic mass is 19.1. The van der Waals surface area contributed by atoms with Crippen LogP contribution >= 0.6 is 0 Å². The molecule has 6 heteroatoms. The van der Waals surface area contributed by atoms with E-state index >= 15 is 0 Å². The molecule has 3 rings (SSSR count). The van der Waals surface area contributed by atoms with E-state index in [1.54, 1.807) is 24.3 Å². The summed E-state index contributed by atoms with van der Waals surface area (Å²) in [4.78, 5) is 35.6. The lowest BCUT2D eigenvalue weighted by Gasteiger charge is -2.05. The summed E-state index contributed by atoms with van der Waals surface area (Å²) in [5.41, 5.74) is 1.66. The van der Waals surface area contributed by atoms with Crippen LogP contribution in [0.2, 0.25) is 0 Å². The number of rotatable bonds is 3. The van der Waals surface area contributed by atoms with E-state index in [4.69, 9.17) is 0 Å². The van der Waals surface area contributed by atoms with Gasteiger partial charge in [-0.1, -0.05) is 0 Å². The monoisotopic (exact) mass is 338 g/mol. The van der Waals surface area contributed by atoms with E-state index in [0.29, 0.717) is 22.2 Å². The second-order valence-electron chi connectivity index (χ2n) is 5.68. The molecule has 1 amide bonds. The first-order chi connectivity index (χ1) is 11.9. The first-order valence-corrected chi connectivity index (χ1v) is 7.60. The third kappa shape index (κ3) is 3.19. The Kier molecular flexibility index (Phi) is 4.19. The van der Waals surface area contributed by atoms with E-state index in [2.05, 4.69) is 5.32 Å². The fourth-order valence-corrected chi connectivity index (χ4v) is 2.63. The van der Waals surface area contributed by atoms with E-state index < -0.39 is 11.7 Å². The fraction of sp³-hybridized carbons (Fsp3) is 0.105. The Morgan fingerprint density at radius 1 is 1.00 bits per heavy atom.